The van der Waals surface area contributed by atoms with Crippen molar-refractivity contribution >= 4 is 11.7 Å². The second-order valence-corrected chi connectivity index (χ2v) is 6.81. The van der Waals surface area contributed by atoms with Gasteiger partial charge in [-0.3, -0.25) is 4.79 Å². The molecule has 3 saturated heterocycles. The van der Waals surface area contributed by atoms with Gasteiger partial charge in [-0.05, 0) is 37.8 Å². The van der Waals surface area contributed by atoms with Crippen LogP contribution < -0.4 is 4.90 Å². The van der Waals surface area contributed by atoms with Crippen molar-refractivity contribution in [1.82, 2.24) is 9.88 Å². The molecule has 0 saturated carbocycles. The number of anilines is 1. The van der Waals surface area contributed by atoms with Crippen molar-refractivity contribution in [3.8, 4) is 0 Å². The molecule has 24 heavy (non-hydrogen) atoms. The minimum Gasteiger partial charge on any atom is -0.356 e. The van der Waals surface area contributed by atoms with Crippen molar-refractivity contribution in [2.75, 3.05) is 44.3 Å². The summed E-state index contributed by atoms with van der Waals surface area (Å²) in [5, 5.41) is 0. The summed E-state index contributed by atoms with van der Waals surface area (Å²) in [7, 11) is 0. The molecule has 1 aromatic rings. The molecule has 4 rings (SSSR count). The number of ether oxygens (including phenoxy) is 2. The summed E-state index contributed by atoms with van der Waals surface area (Å²) in [6.07, 6.45) is 5.95. The Morgan fingerprint density at radius 3 is 2.50 bits per heavy atom. The molecule has 3 aliphatic rings. The standard InChI is InChI=1S/C18H25N3O3/c22-17(15-4-3-7-19-16(15)20-8-1-2-9-20)21-10-5-14(6-11-21)18-23-12-13-24-18/h3-4,7,14,18H,1-2,5-6,8-13H2. The van der Waals surface area contributed by atoms with E-state index in [9.17, 15) is 4.79 Å². The van der Waals surface area contributed by atoms with Crippen molar-refractivity contribution < 1.29 is 14.3 Å². The lowest BCUT2D eigenvalue weighted by atomic mass is 9.95. The van der Waals surface area contributed by atoms with E-state index in [2.05, 4.69) is 9.88 Å². The second kappa shape index (κ2) is 7.07. The molecule has 0 radical (unpaired) electrons. The van der Waals surface area contributed by atoms with E-state index in [0.29, 0.717) is 19.1 Å². The average molecular weight is 331 g/mol. The monoisotopic (exact) mass is 331 g/mol. The number of amides is 1. The van der Waals surface area contributed by atoms with Crippen molar-refractivity contribution in [3.63, 3.8) is 0 Å². The van der Waals surface area contributed by atoms with Gasteiger partial charge in [0.05, 0.1) is 18.8 Å². The predicted molar refractivity (Wildman–Crippen MR) is 90.0 cm³/mol. The number of piperidine rings is 1. The maximum absolute atomic E-state index is 13.0. The van der Waals surface area contributed by atoms with E-state index < -0.39 is 0 Å². The van der Waals surface area contributed by atoms with Gasteiger partial charge < -0.3 is 19.3 Å². The van der Waals surface area contributed by atoms with Gasteiger partial charge in [0.25, 0.3) is 5.91 Å². The highest BCUT2D eigenvalue weighted by atomic mass is 16.7. The van der Waals surface area contributed by atoms with Crippen LogP contribution in [-0.4, -0.2) is 61.5 Å². The Bertz CT molecular complexity index is 575. The first kappa shape index (κ1) is 15.8. The number of carbonyl (C=O) groups excluding carboxylic acids is 1. The Kier molecular flexibility index (Phi) is 4.67. The number of pyridine rings is 1. The minimum absolute atomic E-state index is 0.0687. The highest BCUT2D eigenvalue weighted by molar-refractivity contribution is 5.99. The zero-order valence-electron chi connectivity index (χ0n) is 14.0. The third-order valence-corrected chi connectivity index (χ3v) is 5.28. The quantitative estimate of drug-likeness (QED) is 0.847. The zero-order valence-corrected chi connectivity index (χ0v) is 14.0. The molecule has 0 N–H and O–H groups in total. The molecule has 0 atom stereocenters. The predicted octanol–water partition coefficient (Wildman–Crippen LogP) is 1.91. The van der Waals surface area contributed by atoms with Gasteiger partial charge in [-0.15, -0.1) is 0 Å². The topological polar surface area (TPSA) is 54.9 Å². The summed E-state index contributed by atoms with van der Waals surface area (Å²) >= 11 is 0. The van der Waals surface area contributed by atoms with Crippen LogP contribution in [0.3, 0.4) is 0 Å². The minimum atomic E-state index is -0.0687. The third kappa shape index (κ3) is 3.13. The van der Waals surface area contributed by atoms with E-state index in [1.54, 1.807) is 6.20 Å². The number of hydrogen-bond acceptors (Lipinski definition) is 5. The van der Waals surface area contributed by atoms with Gasteiger partial charge in [0.2, 0.25) is 0 Å². The van der Waals surface area contributed by atoms with E-state index in [-0.39, 0.29) is 12.2 Å². The summed E-state index contributed by atoms with van der Waals surface area (Å²) in [4.78, 5) is 21.7. The number of aromatic nitrogens is 1. The Labute approximate surface area is 142 Å². The fourth-order valence-electron chi connectivity index (χ4n) is 3.94. The smallest absolute Gasteiger partial charge is 0.257 e. The van der Waals surface area contributed by atoms with Crippen molar-refractivity contribution in [3.05, 3.63) is 23.9 Å². The zero-order chi connectivity index (χ0) is 16.4. The largest absolute Gasteiger partial charge is 0.356 e. The van der Waals surface area contributed by atoms with Crippen LogP contribution in [0.4, 0.5) is 5.82 Å². The molecule has 0 bridgehead atoms. The Morgan fingerprint density at radius 2 is 1.79 bits per heavy atom. The van der Waals surface area contributed by atoms with Gasteiger partial charge >= 0.3 is 0 Å². The number of likely N-dealkylation sites (tertiary alicyclic amines) is 1. The molecule has 6 nitrogen and oxygen atoms in total. The molecule has 1 amide bonds. The van der Waals surface area contributed by atoms with Gasteiger partial charge in [0, 0.05) is 38.3 Å². The molecule has 0 aliphatic carbocycles. The van der Waals surface area contributed by atoms with E-state index in [1.807, 2.05) is 17.0 Å². The SMILES string of the molecule is O=C(c1cccnc1N1CCCC1)N1CCC(C2OCCO2)CC1. The van der Waals surface area contributed by atoms with E-state index in [4.69, 9.17) is 9.47 Å². The van der Waals surface area contributed by atoms with Gasteiger partial charge in [-0.2, -0.15) is 0 Å². The Hall–Kier alpha value is -1.66. The Morgan fingerprint density at radius 1 is 1.08 bits per heavy atom. The molecular weight excluding hydrogens is 306 g/mol. The van der Waals surface area contributed by atoms with Gasteiger partial charge in [0.15, 0.2) is 6.29 Å². The molecular formula is C18H25N3O3. The number of rotatable bonds is 3. The average Bonchev–Trinajstić information content (AvgIpc) is 3.35. The van der Waals surface area contributed by atoms with E-state index in [1.165, 1.54) is 12.8 Å². The number of nitrogens with zero attached hydrogens (tertiary/aromatic N) is 3. The molecule has 0 spiro atoms. The normalized spacial score (nSPS) is 23.2. The lowest BCUT2D eigenvalue weighted by molar-refractivity contribution is -0.0956. The number of carbonyl (C=O) groups is 1. The maximum Gasteiger partial charge on any atom is 0.257 e. The molecule has 6 heteroatoms. The first-order valence-corrected chi connectivity index (χ1v) is 9.05. The molecule has 0 unspecified atom stereocenters. The summed E-state index contributed by atoms with van der Waals surface area (Å²) in [5.74, 6) is 1.37. The van der Waals surface area contributed by atoms with Crippen LogP contribution in [0.5, 0.6) is 0 Å². The molecule has 1 aromatic heterocycles. The fourth-order valence-corrected chi connectivity index (χ4v) is 3.94. The summed E-state index contributed by atoms with van der Waals surface area (Å²) in [5.41, 5.74) is 0.742. The third-order valence-electron chi connectivity index (χ3n) is 5.28. The highest BCUT2D eigenvalue weighted by Crippen LogP contribution is 2.28. The van der Waals surface area contributed by atoms with E-state index >= 15 is 0 Å². The first-order chi connectivity index (χ1) is 11.8. The summed E-state index contributed by atoms with van der Waals surface area (Å²) in [6, 6.07) is 3.78. The van der Waals surface area contributed by atoms with Crippen LogP contribution in [0.25, 0.3) is 0 Å². The van der Waals surface area contributed by atoms with Crippen molar-refractivity contribution in [2.45, 2.75) is 32.0 Å². The van der Waals surface area contributed by atoms with Crippen LogP contribution in [-0.2, 0) is 9.47 Å². The molecule has 3 fully saturated rings. The first-order valence-electron chi connectivity index (χ1n) is 9.05. The second-order valence-electron chi connectivity index (χ2n) is 6.81. The molecule has 130 valence electrons. The summed E-state index contributed by atoms with van der Waals surface area (Å²) < 4.78 is 11.2. The van der Waals surface area contributed by atoms with Crippen molar-refractivity contribution in [1.29, 1.82) is 0 Å². The van der Waals surface area contributed by atoms with Gasteiger partial charge in [-0.1, -0.05) is 0 Å². The lowest BCUT2D eigenvalue weighted by Gasteiger charge is -2.34. The van der Waals surface area contributed by atoms with Crippen LogP contribution in [0, 0.1) is 5.92 Å². The van der Waals surface area contributed by atoms with Crippen LogP contribution in [0.15, 0.2) is 18.3 Å². The van der Waals surface area contributed by atoms with Crippen LogP contribution in [0.1, 0.15) is 36.0 Å². The van der Waals surface area contributed by atoms with E-state index in [0.717, 1.165) is 50.4 Å². The van der Waals surface area contributed by atoms with Crippen LogP contribution >= 0.6 is 0 Å². The van der Waals surface area contributed by atoms with Gasteiger partial charge in [0.1, 0.15) is 5.82 Å². The van der Waals surface area contributed by atoms with Crippen LogP contribution in [0.2, 0.25) is 0 Å². The summed E-state index contributed by atoms with van der Waals surface area (Å²) in [6.45, 7) is 4.91. The lowest BCUT2D eigenvalue weighted by Crippen LogP contribution is -2.42. The molecule has 4 heterocycles. The van der Waals surface area contributed by atoms with Crippen molar-refractivity contribution in [2.24, 2.45) is 5.92 Å². The highest BCUT2D eigenvalue weighted by Gasteiger charge is 2.33. The van der Waals surface area contributed by atoms with Gasteiger partial charge in [-0.25, -0.2) is 4.98 Å². The molecule has 0 aromatic carbocycles. The fraction of sp³-hybridized carbons (Fsp3) is 0.667. The Balaban J connectivity index is 1.43. The number of hydrogen-bond donors (Lipinski definition) is 0. The molecule has 3 aliphatic heterocycles. The maximum atomic E-state index is 13.0.